The van der Waals surface area contributed by atoms with Gasteiger partial charge in [0.1, 0.15) is 17.8 Å². The molecule has 1 aromatic heterocycles. The van der Waals surface area contributed by atoms with Gasteiger partial charge in [0, 0.05) is 24.8 Å². The Morgan fingerprint density at radius 3 is 2.67 bits per heavy atom. The fraction of sp³-hybridized carbons (Fsp3) is 0.267. The summed E-state index contributed by atoms with van der Waals surface area (Å²) in [6.45, 7) is 2.90. The van der Waals surface area contributed by atoms with Gasteiger partial charge in [-0.2, -0.15) is 0 Å². The van der Waals surface area contributed by atoms with Crippen molar-refractivity contribution in [3.63, 3.8) is 0 Å². The molecule has 1 amide bonds. The van der Waals surface area contributed by atoms with Gasteiger partial charge in [-0.1, -0.05) is 18.2 Å². The van der Waals surface area contributed by atoms with Gasteiger partial charge < -0.3 is 15.0 Å². The summed E-state index contributed by atoms with van der Waals surface area (Å²) < 4.78 is 5.31. The van der Waals surface area contributed by atoms with Crippen LogP contribution in [0.5, 0.6) is 0 Å². The fourth-order valence-corrected chi connectivity index (χ4v) is 2.15. The molecule has 2 heterocycles. The molecule has 1 aliphatic heterocycles. The minimum absolute atomic E-state index is 0.238. The van der Waals surface area contributed by atoms with Crippen LogP contribution in [-0.2, 0) is 4.74 Å². The average Bonchev–Trinajstić information content (AvgIpc) is 2.57. The molecule has 21 heavy (non-hydrogen) atoms. The monoisotopic (exact) mass is 284 g/mol. The van der Waals surface area contributed by atoms with E-state index in [0.29, 0.717) is 18.9 Å². The number of nitrogens with one attached hydrogen (secondary N) is 1. The van der Waals surface area contributed by atoms with Gasteiger partial charge in [0.25, 0.3) is 5.91 Å². The molecule has 6 heteroatoms. The van der Waals surface area contributed by atoms with E-state index in [1.54, 1.807) is 6.07 Å². The Hall–Kier alpha value is -2.47. The lowest BCUT2D eigenvalue weighted by molar-refractivity contribution is 0.102. The first-order valence-electron chi connectivity index (χ1n) is 6.84. The van der Waals surface area contributed by atoms with Gasteiger partial charge in [-0.25, -0.2) is 9.97 Å². The van der Waals surface area contributed by atoms with Gasteiger partial charge in [0.2, 0.25) is 0 Å². The number of hydrogen-bond acceptors (Lipinski definition) is 5. The van der Waals surface area contributed by atoms with E-state index in [4.69, 9.17) is 4.74 Å². The van der Waals surface area contributed by atoms with Crippen molar-refractivity contribution in [3.05, 3.63) is 48.4 Å². The summed E-state index contributed by atoms with van der Waals surface area (Å²) in [4.78, 5) is 22.6. The van der Waals surface area contributed by atoms with Gasteiger partial charge in [-0.05, 0) is 12.1 Å². The lowest BCUT2D eigenvalue weighted by atomic mass is 10.3. The Balaban J connectivity index is 1.74. The predicted octanol–water partition coefficient (Wildman–Crippen LogP) is 1.57. The van der Waals surface area contributed by atoms with Gasteiger partial charge in [0.15, 0.2) is 0 Å². The van der Waals surface area contributed by atoms with Crippen molar-refractivity contribution in [1.29, 1.82) is 0 Å². The number of ether oxygens (including phenoxy) is 1. The zero-order valence-electron chi connectivity index (χ0n) is 11.5. The molecule has 3 rings (SSSR count). The number of aromatic nitrogens is 2. The van der Waals surface area contributed by atoms with E-state index >= 15 is 0 Å². The molecule has 1 saturated heterocycles. The normalized spacial score (nSPS) is 14.8. The Labute approximate surface area is 122 Å². The van der Waals surface area contributed by atoms with E-state index in [1.807, 2.05) is 30.3 Å². The first-order chi connectivity index (χ1) is 10.3. The quantitative estimate of drug-likeness (QED) is 0.926. The number of amides is 1. The van der Waals surface area contributed by atoms with Crippen LogP contribution >= 0.6 is 0 Å². The molecule has 1 aliphatic rings. The summed E-state index contributed by atoms with van der Waals surface area (Å²) in [6, 6.07) is 11.0. The molecule has 0 saturated carbocycles. The topological polar surface area (TPSA) is 67.4 Å². The maximum absolute atomic E-state index is 12.2. The molecule has 0 radical (unpaired) electrons. The second kappa shape index (κ2) is 6.32. The van der Waals surface area contributed by atoms with Crippen LogP contribution in [0.4, 0.5) is 11.5 Å². The van der Waals surface area contributed by atoms with E-state index in [2.05, 4.69) is 20.2 Å². The molecular formula is C15H16N4O2. The van der Waals surface area contributed by atoms with Crippen molar-refractivity contribution in [2.24, 2.45) is 0 Å². The van der Waals surface area contributed by atoms with Crippen LogP contribution in [0, 0.1) is 0 Å². The number of carbonyl (C=O) groups is 1. The zero-order valence-corrected chi connectivity index (χ0v) is 11.5. The first kappa shape index (κ1) is 13.5. The first-order valence-corrected chi connectivity index (χ1v) is 6.84. The molecule has 0 spiro atoms. The van der Waals surface area contributed by atoms with Crippen LogP contribution in [0.1, 0.15) is 10.5 Å². The van der Waals surface area contributed by atoms with Crippen LogP contribution < -0.4 is 10.2 Å². The lowest BCUT2D eigenvalue weighted by Gasteiger charge is -2.27. The highest BCUT2D eigenvalue weighted by Crippen LogP contribution is 2.14. The standard InChI is InChI=1S/C15H16N4O2/c20-15(18-12-4-2-1-3-5-12)13-10-14(17-11-16-13)19-6-8-21-9-7-19/h1-5,10-11H,6-9H2,(H,18,20). The number of rotatable bonds is 3. The molecule has 6 nitrogen and oxygen atoms in total. The number of anilines is 2. The third kappa shape index (κ3) is 3.35. The summed E-state index contributed by atoms with van der Waals surface area (Å²) in [5, 5.41) is 2.82. The number of nitrogens with zero attached hydrogens (tertiary/aromatic N) is 3. The van der Waals surface area contributed by atoms with Crippen LogP contribution in [0.3, 0.4) is 0 Å². The van der Waals surface area contributed by atoms with Crippen molar-refractivity contribution in [1.82, 2.24) is 9.97 Å². The largest absolute Gasteiger partial charge is 0.378 e. The summed E-state index contributed by atoms with van der Waals surface area (Å²) in [5.41, 5.74) is 1.10. The number of carbonyl (C=O) groups excluding carboxylic acids is 1. The molecule has 0 atom stereocenters. The highest BCUT2D eigenvalue weighted by Gasteiger charge is 2.15. The van der Waals surface area contributed by atoms with Crippen LogP contribution in [-0.4, -0.2) is 42.2 Å². The number of para-hydroxylation sites is 1. The van der Waals surface area contributed by atoms with E-state index in [-0.39, 0.29) is 5.91 Å². The third-order valence-electron chi connectivity index (χ3n) is 3.25. The average molecular weight is 284 g/mol. The highest BCUT2D eigenvalue weighted by atomic mass is 16.5. The molecule has 1 fully saturated rings. The summed E-state index contributed by atoms with van der Waals surface area (Å²) in [7, 11) is 0. The smallest absolute Gasteiger partial charge is 0.274 e. The van der Waals surface area contributed by atoms with Gasteiger partial charge in [0.05, 0.1) is 13.2 Å². The van der Waals surface area contributed by atoms with Crippen molar-refractivity contribution in [2.75, 3.05) is 36.5 Å². The molecule has 1 aromatic carbocycles. The Morgan fingerprint density at radius 2 is 1.90 bits per heavy atom. The maximum Gasteiger partial charge on any atom is 0.274 e. The molecule has 2 aromatic rings. The fourth-order valence-electron chi connectivity index (χ4n) is 2.15. The van der Waals surface area contributed by atoms with Gasteiger partial charge in [-0.3, -0.25) is 4.79 Å². The molecule has 0 aliphatic carbocycles. The Morgan fingerprint density at radius 1 is 1.14 bits per heavy atom. The molecular weight excluding hydrogens is 268 g/mol. The van der Waals surface area contributed by atoms with Crippen LogP contribution in [0.2, 0.25) is 0 Å². The van der Waals surface area contributed by atoms with E-state index in [1.165, 1.54) is 6.33 Å². The maximum atomic E-state index is 12.2. The van der Waals surface area contributed by atoms with Crippen molar-refractivity contribution in [2.45, 2.75) is 0 Å². The van der Waals surface area contributed by atoms with E-state index < -0.39 is 0 Å². The summed E-state index contributed by atoms with van der Waals surface area (Å²) >= 11 is 0. The highest BCUT2D eigenvalue weighted by molar-refractivity contribution is 6.03. The SMILES string of the molecule is O=C(Nc1ccccc1)c1cc(N2CCOCC2)ncn1. The second-order valence-electron chi connectivity index (χ2n) is 4.68. The minimum Gasteiger partial charge on any atom is -0.378 e. The van der Waals surface area contributed by atoms with E-state index in [0.717, 1.165) is 24.6 Å². The van der Waals surface area contributed by atoms with Crippen LogP contribution in [0.25, 0.3) is 0 Å². The molecule has 0 unspecified atom stereocenters. The predicted molar refractivity (Wildman–Crippen MR) is 79.5 cm³/mol. The Bertz CT molecular complexity index is 612. The third-order valence-corrected chi connectivity index (χ3v) is 3.25. The number of hydrogen-bond donors (Lipinski definition) is 1. The Kier molecular flexibility index (Phi) is 4.07. The number of morpholine rings is 1. The number of benzene rings is 1. The molecule has 0 bridgehead atoms. The lowest BCUT2D eigenvalue weighted by Crippen LogP contribution is -2.37. The zero-order chi connectivity index (χ0) is 14.5. The summed E-state index contributed by atoms with van der Waals surface area (Å²) in [5.74, 6) is 0.518. The van der Waals surface area contributed by atoms with E-state index in [9.17, 15) is 4.79 Å². The van der Waals surface area contributed by atoms with Gasteiger partial charge >= 0.3 is 0 Å². The molecule has 108 valence electrons. The van der Waals surface area contributed by atoms with Gasteiger partial charge in [-0.15, -0.1) is 0 Å². The van der Waals surface area contributed by atoms with Crippen molar-refractivity contribution >= 4 is 17.4 Å². The van der Waals surface area contributed by atoms with Crippen LogP contribution in [0.15, 0.2) is 42.7 Å². The van der Waals surface area contributed by atoms with Crippen molar-refractivity contribution < 1.29 is 9.53 Å². The summed E-state index contributed by atoms with van der Waals surface area (Å²) in [6.07, 6.45) is 1.42. The van der Waals surface area contributed by atoms with Crippen molar-refractivity contribution in [3.8, 4) is 0 Å². The minimum atomic E-state index is -0.238. The molecule has 1 N–H and O–H groups in total. The second-order valence-corrected chi connectivity index (χ2v) is 4.68.